The minimum absolute atomic E-state index is 0.0934. The second-order valence-corrected chi connectivity index (χ2v) is 11.3. The van der Waals surface area contributed by atoms with Gasteiger partial charge in [-0.3, -0.25) is 14.4 Å². The maximum atomic E-state index is 13.5. The van der Waals surface area contributed by atoms with Gasteiger partial charge in [-0.15, -0.1) is 0 Å². The Bertz CT molecular complexity index is 1400. The van der Waals surface area contributed by atoms with Crippen LogP contribution in [0.3, 0.4) is 0 Å². The third-order valence-electron chi connectivity index (χ3n) is 8.29. The van der Waals surface area contributed by atoms with Crippen LogP contribution in [0.5, 0.6) is 0 Å². The van der Waals surface area contributed by atoms with Crippen molar-refractivity contribution >= 4 is 51.9 Å². The number of fused-ring (bicyclic) bond motifs is 1. The van der Waals surface area contributed by atoms with Crippen molar-refractivity contribution in [3.05, 3.63) is 46.9 Å². The lowest BCUT2D eigenvalue weighted by Crippen LogP contribution is -2.38. The second-order valence-electron chi connectivity index (χ2n) is 10.9. The summed E-state index contributed by atoms with van der Waals surface area (Å²) in [5.41, 5.74) is 1.01. The normalized spacial score (nSPS) is 21.6. The number of hydrogen-bond donors (Lipinski definition) is 2. The Hall–Kier alpha value is -3.50. The summed E-state index contributed by atoms with van der Waals surface area (Å²) in [6.45, 7) is 3.67. The van der Waals surface area contributed by atoms with Crippen LogP contribution < -0.4 is 10.6 Å². The van der Waals surface area contributed by atoms with E-state index in [-0.39, 0.29) is 46.2 Å². The highest BCUT2D eigenvalue weighted by atomic mass is 35.5. The lowest BCUT2D eigenvalue weighted by atomic mass is 9.85. The lowest BCUT2D eigenvalue weighted by molar-refractivity contribution is -0.121. The first-order valence-electron chi connectivity index (χ1n) is 14.2. The van der Waals surface area contributed by atoms with E-state index in [1.165, 1.54) is 19.0 Å². The van der Waals surface area contributed by atoms with Crippen LogP contribution in [0.15, 0.2) is 34.9 Å². The lowest BCUT2D eigenvalue weighted by Gasteiger charge is -2.33. The predicted octanol–water partition coefficient (Wildman–Crippen LogP) is 4.96. The molecule has 10 nitrogen and oxygen atoms in total. The Morgan fingerprint density at radius 2 is 1.62 bits per heavy atom. The van der Waals surface area contributed by atoms with E-state index in [4.69, 9.17) is 16.0 Å². The maximum Gasteiger partial charge on any atom is 0.294 e. The van der Waals surface area contributed by atoms with Gasteiger partial charge >= 0.3 is 0 Å². The number of carbonyl (C=O) groups excluding carboxylic acids is 3. The van der Waals surface area contributed by atoms with Crippen LogP contribution in [0.25, 0.3) is 11.1 Å². The van der Waals surface area contributed by atoms with Crippen LogP contribution in [0, 0.1) is 5.92 Å². The molecule has 0 atom stereocenters. The first-order chi connectivity index (χ1) is 19.5. The number of halogens is 1. The number of anilines is 2. The van der Waals surface area contributed by atoms with Crippen molar-refractivity contribution in [1.29, 1.82) is 0 Å². The zero-order valence-corrected chi connectivity index (χ0v) is 23.1. The van der Waals surface area contributed by atoms with Crippen molar-refractivity contribution in [2.75, 3.05) is 36.8 Å². The minimum Gasteiger partial charge on any atom is -0.447 e. The van der Waals surface area contributed by atoms with E-state index in [9.17, 15) is 14.4 Å². The predicted molar refractivity (Wildman–Crippen MR) is 152 cm³/mol. The van der Waals surface area contributed by atoms with E-state index in [0.717, 1.165) is 51.6 Å². The minimum atomic E-state index is -0.590. The Morgan fingerprint density at radius 1 is 0.900 bits per heavy atom. The molecule has 0 radical (unpaired) electrons. The Morgan fingerprint density at radius 3 is 2.33 bits per heavy atom. The molecule has 2 aliphatic heterocycles. The molecule has 2 N–H and O–H groups in total. The molecule has 0 spiro atoms. The summed E-state index contributed by atoms with van der Waals surface area (Å²) in [7, 11) is 0. The molecule has 3 amide bonds. The zero-order chi connectivity index (χ0) is 27.6. The number of carbonyl (C=O) groups is 3. The van der Waals surface area contributed by atoms with Gasteiger partial charge in [-0.05, 0) is 88.7 Å². The van der Waals surface area contributed by atoms with Gasteiger partial charge in [0, 0.05) is 31.2 Å². The Kier molecular flexibility index (Phi) is 7.71. The van der Waals surface area contributed by atoms with Gasteiger partial charge in [-0.2, -0.15) is 0 Å². The van der Waals surface area contributed by atoms with E-state index in [2.05, 4.69) is 25.5 Å². The fourth-order valence-corrected chi connectivity index (χ4v) is 6.22. The fraction of sp³-hybridized carbons (Fsp3) is 0.483. The third kappa shape index (κ3) is 5.55. The first kappa shape index (κ1) is 26.7. The number of likely N-dealkylation sites (tertiary alicyclic amines) is 2. The molecule has 0 unspecified atom stereocenters. The van der Waals surface area contributed by atoms with Gasteiger partial charge in [-0.25, -0.2) is 9.97 Å². The molecule has 3 aliphatic rings. The molecule has 3 aromatic rings. The quantitative estimate of drug-likeness (QED) is 0.434. The molecule has 6 rings (SSSR count). The first-order valence-corrected chi connectivity index (χ1v) is 14.5. The monoisotopic (exact) mass is 564 g/mol. The van der Waals surface area contributed by atoms with Gasteiger partial charge in [0.2, 0.25) is 11.7 Å². The second kappa shape index (κ2) is 11.5. The van der Waals surface area contributed by atoms with Gasteiger partial charge in [0.05, 0.1) is 5.02 Å². The van der Waals surface area contributed by atoms with Crippen LogP contribution in [0.2, 0.25) is 5.02 Å². The summed E-state index contributed by atoms with van der Waals surface area (Å²) in [6.07, 6.45) is 9.37. The van der Waals surface area contributed by atoms with E-state index in [1.54, 1.807) is 29.2 Å². The molecular formula is C29H33ClN6O4. The molecule has 2 saturated heterocycles. The Balaban J connectivity index is 1.27. The van der Waals surface area contributed by atoms with Crippen molar-refractivity contribution in [2.45, 2.75) is 57.4 Å². The summed E-state index contributed by atoms with van der Waals surface area (Å²) in [6, 6.07) is 6.95. The van der Waals surface area contributed by atoms with Crippen LogP contribution in [0.4, 0.5) is 11.5 Å². The SMILES string of the molecule is O=C(Nc1ccc(Cl)cn1)c1oc2ccc(C(=O)N3CCCC3)nc2c1NC(=O)C1CCC(N2CCCC2)CC1. The molecule has 0 bridgehead atoms. The maximum absolute atomic E-state index is 13.5. The molecule has 0 aromatic carbocycles. The molecular weight excluding hydrogens is 532 g/mol. The zero-order valence-electron chi connectivity index (χ0n) is 22.3. The molecule has 3 aromatic heterocycles. The summed E-state index contributed by atoms with van der Waals surface area (Å²) in [5.74, 6) is -0.913. The van der Waals surface area contributed by atoms with E-state index in [1.807, 2.05) is 0 Å². The molecule has 3 fully saturated rings. The van der Waals surface area contributed by atoms with Crippen molar-refractivity contribution in [1.82, 2.24) is 19.8 Å². The van der Waals surface area contributed by atoms with Crippen LogP contribution in [-0.2, 0) is 4.79 Å². The van der Waals surface area contributed by atoms with E-state index >= 15 is 0 Å². The highest BCUT2D eigenvalue weighted by Crippen LogP contribution is 2.34. The number of nitrogens with one attached hydrogen (secondary N) is 2. The van der Waals surface area contributed by atoms with E-state index in [0.29, 0.717) is 29.7 Å². The van der Waals surface area contributed by atoms with Gasteiger partial charge in [0.1, 0.15) is 22.7 Å². The van der Waals surface area contributed by atoms with Gasteiger partial charge in [-0.1, -0.05) is 11.6 Å². The number of furan rings is 1. The number of pyridine rings is 2. The van der Waals surface area contributed by atoms with Crippen LogP contribution >= 0.6 is 11.6 Å². The van der Waals surface area contributed by atoms with Crippen LogP contribution in [-0.4, -0.2) is 69.7 Å². The van der Waals surface area contributed by atoms with Crippen molar-refractivity contribution in [2.24, 2.45) is 5.92 Å². The van der Waals surface area contributed by atoms with Gasteiger partial charge in [0.25, 0.3) is 11.8 Å². The average Bonchev–Trinajstić information content (AvgIpc) is 3.76. The highest BCUT2D eigenvalue weighted by molar-refractivity contribution is 6.30. The topological polar surface area (TPSA) is 121 Å². The number of nitrogens with zero attached hydrogens (tertiary/aromatic N) is 4. The summed E-state index contributed by atoms with van der Waals surface area (Å²) >= 11 is 5.93. The van der Waals surface area contributed by atoms with E-state index < -0.39 is 5.91 Å². The third-order valence-corrected chi connectivity index (χ3v) is 8.52. The molecule has 1 aliphatic carbocycles. The summed E-state index contributed by atoms with van der Waals surface area (Å²) in [5, 5.41) is 6.10. The molecule has 5 heterocycles. The Labute approximate surface area is 237 Å². The largest absolute Gasteiger partial charge is 0.447 e. The van der Waals surface area contributed by atoms with Crippen LogP contribution in [0.1, 0.15) is 72.4 Å². The summed E-state index contributed by atoms with van der Waals surface area (Å²) < 4.78 is 5.92. The van der Waals surface area contributed by atoms with Crippen molar-refractivity contribution < 1.29 is 18.8 Å². The molecule has 1 saturated carbocycles. The number of amides is 3. The fourth-order valence-electron chi connectivity index (χ4n) is 6.11. The number of aromatic nitrogens is 2. The standard InChI is InChI=1S/C29H33ClN6O4/c30-19-7-12-23(31-17-19)33-28(38)26-25(34-27(37)18-5-8-20(9-6-18)35-13-1-2-14-35)24-22(40-26)11-10-21(32-24)29(39)36-15-3-4-16-36/h7,10-12,17-18,20H,1-6,8-9,13-16H2,(H,34,37)(H,31,33,38). The molecule has 210 valence electrons. The smallest absolute Gasteiger partial charge is 0.294 e. The number of rotatable bonds is 6. The van der Waals surface area contributed by atoms with Gasteiger partial charge < -0.3 is 24.9 Å². The van der Waals surface area contributed by atoms with Gasteiger partial charge in [0.15, 0.2) is 5.58 Å². The number of hydrogen-bond acceptors (Lipinski definition) is 7. The molecule has 40 heavy (non-hydrogen) atoms. The van der Waals surface area contributed by atoms with Crippen molar-refractivity contribution in [3.8, 4) is 0 Å². The highest BCUT2D eigenvalue weighted by Gasteiger charge is 2.33. The molecule has 11 heteroatoms. The summed E-state index contributed by atoms with van der Waals surface area (Å²) in [4.78, 5) is 52.9. The average molecular weight is 565 g/mol. The van der Waals surface area contributed by atoms with Crippen molar-refractivity contribution in [3.63, 3.8) is 0 Å².